The monoisotopic (exact) mass is 261 g/mol. The summed E-state index contributed by atoms with van der Waals surface area (Å²) < 4.78 is 1.15. The van der Waals surface area contributed by atoms with Gasteiger partial charge in [0.1, 0.15) is 10.8 Å². The lowest BCUT2D eigenvalue weighted by Gasteiger charge is -1.98. The summed E-state index contributed by atoms with van der Waals surface area (Å²) in [5.41, 5.74) is 1.91. The molecule has 3 rings (SSSR count). The highest BCUT2D eigenvalue weighted by Gasteiger charge is 2.07. The van der Waals surface area contributed by atoms with Gasteiger partial charge in [0.25, 0.3) is 0 Å². The van der Waals surface area contributed by atoms with Crippen LogP contribution < -0.4 is 0 Å². The Morgan fingerprint density at radius 2 is 1.94 bits per heavy atom. The second-order valence-electron chi connectivity index (χ2n) is 3.65. The lowest BCUT2D eigenvalue weighted by molar-refractivity contribution is 0.475. The molecule has 84 valence electrons. The second kappa shape index (κ2) is 4.02. The van der Waals surface area contributed by atoms with Crippen LogP contribution in [0.25, 0.3) is 20.8 Å². The van der Waals surface area contributed by atoms with Crippen molar-refractivity contribution in [3.05, 3.63) is 47.5 Å². The van der Waals surface area contributed by atoms with Crippen LogP contribution in [0.4, 0.5) is 0 Å². The highest BCUT2D eigenvalue weighted by atomic mass is 35.5. The van der Waals surface area contributed by atoms with Crippen molar-refractivity contribution in [3.8, 4) is 16.3 Å². The minimum Gasteiger partial charge on any atom is -0.506 e. The lowest BCUT2D eigenvalue weighted by atomic mass is 10.2. The first-order valence-corrected chi connectivity index (χ1v) is 6.28. The smallest absolute Gasteiger partial charge is 0.134 e. The van der Waals surface area contributed by atoms with Crippen LogP contribution in [0.15, 0.2) is 42.5 Å². The number of thiazole rings is 1. The fourth-order valence-corrected chi connectivity index (χ4v) is 2.78. The molecule has 0 bridgehead atoms. The van der Waals surface area contributed by atoms with E-state index in [1.807, 2.05) is 30.3 Å². The van der Waals surface area contributed by atoms with Crippen molar-refractivity contribution in [1.82, 2.24) is 4.98 Å². The zero-order valence-corrected chi connectivity index (χ0v) is 10.3. The molecule has 1 heterocycles. The third-order valence-corrected chi connectivity index (χ3v) is 3.88. The molecule has 0 aliphatic heterocycles. The van der Waals surface area contributed by atoms with Gasteiger partial charge in [-0.1, -0.05) is 23.7 Å². The van der Waals surface area contributed by atoms with E-state index >= 15 is 0 Å². The molecular formula is C13H8ClNOS. The summed E-state index contributed by atoms with van der Waals surface area (Å²) >= 11 is 7.50. The van der Waals surface area contributed by atoms with Crippen molar-refractivity contribution in [1.29, 1.82) is 0 Å². The minimum atomic E-state index is 0.0940. The molecule has 0 atom stereocenters. The topological polar surface area (TPSA) is 33.1 Å². The largest absolute Gasteiger partial charge is 0.506 e. The number of para-hydroxylation sites is 1. The van der Waals surface area contributed by atoms with Crippen LogP contribution in [0, 0.1) is 0 Å². The average molecular weight is 262 g/mol. The van der Waals surface area contributed by atoms with E-state index in [-0.39, 0.29) is 5.75 Å². The number of aromatic hydroxyl groups is 1. The van der Waals surface area contributed by atoms with Gasteiger partial charge in [-0.3, -0.25) is 0 Å². The molecule has 4 heteroatoms. The second-order valence-corrected chi connectivity index (χ2v) is 5.09. The molecule has 3 aromatic rings. The number of aromatic nitrogens is 1. The maximum absolute atomic E-state index is 9.38. The Kier molecular flexibility index (Phi) is 2.50. The molecule has 17 heavy (non-hydrogen) atoms. The summed E-state index contributed by atoms with van der Waals surface area (Å²) in [5, 5.41) is 10.6. The summed E-state index contributed by atoms with van der Waals surface area (Å²) in [4.78, 5) is 4.53. The van der Waals surface area contributed by atoms with E-state index in [1.165, 1.54) is 0 Å². The third-order valence-electron chi connectivity index (χ3n) is 2.49. The predicted molar refractivity (Wildman–Crippen MR) is 71.7 cm³/mol. The molecule has 0 amide bonds. The molecule has 0 saturated carbocycles. The first kappa shape index (κ1) is 10.6. The molecule has 2 nitrogen and oxygen atoms in total. The number of fused-ring (bicyclic) bond motifs is 1. The Morgan fingerprint density at radius 3 is 2.71 bits per heavy atom. The molecule has 2 aromatic carbocycles. The van der Waals surface area contributed by atoms with E-state index in [0.29, 0.717) is 5.02 Å². The molecular weight excluding hydrogens is 254 g/mol. The van der Waals surface area contributed by atoms with Gasteiger partial charge >= 0.3 is 0 Å². The van der Waals surface area contributed by atoms with E-state index in [2.05, 4.69) is 4.98 Å². The normalized spacial score (nSPS) is 10.9. The molecule has 0 radical (unpaired) electrons. The summed E-state index contributed by atoms with van der Waals surface area (Å²) in [5.74, 6) is 0.0940. The van der Waals surface area contributed by atoms with Crippen LogP contribution in [0.2, 0.25) is 5.02 Å². The number of hydrogen-bond donors (Lipinski definition) is 1. The van der Waals surface area contributed by atoms with Gasteiger partial charge < -0.3 is 5.11 Å². The average Bonchev–Trinajstić information content (AvgIpc) is 2.76. The summed E-state index contributed by atoms with van der Waals surface area (Å²) in [6.07, 6.45) is 0. The molecule has 0 saturated heterocycles. The van der Waals surface area contributed by atoms with Gasteiger partial charge in [-0.2, -0.15) is 0 Å². The molecule has 1 aromatic heterocycles. The van der Waals surface area contributed by atoms with Crippen LogP contribution in [-0.2, 0) is 0 Å². The van der Waals surface area contributed by atoms with Crippen molar-refractivity contribution >= 4 is 33.2 Å². The van der Waals surface area contributed by atoms with E-state index in [9.17, 15) is 5.11 Å². The van der Waals surface area contributed by atoms with Gasteiger partial charge in [-0.25, -0.2) is 4.98 Å². The SMILES string of the molecule is Oc1ccc(-c2nc3ccccc3s2)cc1Cl. The van der Waals surface area contributed by atoms with Crippen molar-refractivity contribution in [2.24, 2.45) is 0 Å². The van der Waals surface area contributed by atoms with E-state index in [4.69, 9.17) is 11.6 Å². The maximum Gasteiger partial charge on any atom is 0.134 e. The van der Waals surface area contributed by atoms with Crippen molar-refractivity contribution in [2.75, 3.05) is 0 Å². The first-order chi connectivity index (χ1) is 8.24. The standard InChI is InChI=1S/C13H8ClNOS/c14-9-7-8(5-6-11(9)16)13-15-10-3-1-2-4-12(10)17-13/h1-7,16H. The Bertz CT molecular complexity index is 660. The number of nitrogens with zero attached hydrogens (tertiary/aromatic N) is 1. The summed E-state index contributed by atoms with van der Waals surface area (Å²) in [6.45, 7) is 0. The molecule has 0 unspecified atom stereocenters. The van der Waals surface area contributed by atoms with E-state index in [0.717, 1.165) is 20.8 Å². The molecule has 0 aliphatic rings. The van der Waals surface area contributed by atoms with Gasteiger partial charge in [0, 0.05) is 5.56 Å². The molecule has 1 N–H and O–H groups in total. The number of rotatable bonds is 1. The molecule has 0 fully saturated rings. The fourth-order valence-electron chi connectivity index (χ4n) is 1.64. The minimum absolute atomic E-state index is 0.0940. The first-order valence-electron chi connectivity index (χ1n) is 5.08. The van der Waals surface area contributed by atoms with Crippen LogP contribution in [0.1, 0.15) is 0 Å². The van der Waals surface area contributed by atoms with Gasteiger partial charge in [-0.15, -0.1) is 11.3 Å². The van der Waals surface area contributed by atoms with Crippen LogP contribution >= 0.6 is 22.9 Å². The zero-order valence-electron chi connectivity index (χ0n) is 8.72. The van der Waals surface area contributed by atoms with Gasteiger partial charge in [0.2, 0.25) is 0 Å². The van der Waals surface area contributed by atoms with Gasteiger partial charge in [-0.05, 0) is 30.3 Å². The number of phenolic OH excluding ortho intramolecular Hbond substituents is 1. The van der Waals surface area contributed by atoms with Crippen LogP contribution in [-0.4, -0.2) is 10.1 Å². The van der Waals surface area contributed by atoms with E-state index < -0.39 is 0 Å². The van der Waals surface area contributed by atoms with Crippen molar-refractivity contribution in [3.63, 3.8) is 0 Å². The van der Waals surface area contributed by atoms with Crippen molar-refractivity contribution in [2.45, 2.75) is 0 Å². The number of halogens is 1. The highest BCUT2D eigenvalue weighted by molar-refractivity contribution is 7.21. The summed E-state index contributed by atoms with van der Waals surface area (Å²) in [7, 11) is 0. The number of hydrogen-bond acceptors (Lipinski definition) is 3. The molecule has 0 spiro atoms. The fraction of sp³-hybridized carbons (Fsp3) is 0. The van der Waals surface area contributed by atoms with Crippen molar-refractivity contribution < 1.29 is 5.11 Å². The Balaban J connectivity index is 2.17. The number of benzene rings is 2. The van der Waals surface area contributed by atoms with E-state index in [1.54, 1.807) is 23.5 Å². The Labute approximate surface area is 107 Å². The zero-order chi connectivity index (χ0) is 11.8. The third kappa shape index (κ3) is 1.88. The van der Waals surface area contributed by atoms with Crippen LogP contribution in [0.3, 0.4) is 0 Å². The molecule has 0 aliphatic carbocycles. The van der Waals surface area contributed by atoms with Crippen LogP contribution in [0.5, 0.6) is 5.75 Å². The van der Waals surface area contributed by atoms with Gasteiger partial charge in [0.15, 0.2) is 0 Å². The Morgan fingerprint density at radius 1 is 1.12 bits per heavy atom. The maximum atomic E-state index is 9.38. The Hall–Kier alpha value is -1.58. The quantitative estimate of drug-likeness (QED) is 0.708. The summed E-state index contributed by atoms with van der Waals surface area (Å²) in [6, 6.07) is 13.1. The predicted octanol–water partition coefficient (Wildman–Crippen LogP) is 4.32. The number of phenols is 1. The van der Waals surface area contributed by atoms with Gasteiger partial charge in [0.05, 0.1) is 15.2 Å². The lowest BCUT2D eigenvalue weighted by Crippen LogP contribution is -1.76. The highest BCUT2D eigenvalue weighted by Crippen LogP contribution is 2.33.